The third-order valence-corrected chi connectivity index (χ3v) is 5.12. The van der Waals surface area contributed by atoms with Crippen LogP contribution in [0.4, 0.5) is 10.1 Å². The van der Waals surface area contributed by atoms with Gasteiger partial charge in [0.15, 0.2) is 12.4 Å². The van der Waals surface area contributed by atoms with Crippen molar-refractivity contribution in [3.05, 3.63) is 77.9 Å². The largest absolute Gasteiger partial charge is 0.471 e. The fourth-order valence-electron chi connectivity index (χ4n) is 3.49. The topological polar surface area (TPSA) is 59.4 Å². The van der Waals surface area contributed by atoms with Crippen molar-refractivity contribution >= 4 is 11.6 Å². The number of carbonyl (C=O) groups excluding carboxylic acids is 1. The van der Waals surface area contributed by atoms with Crippen molar-refractivity contribution in [2.24, 2.45) is 0 Å². The van der Waals surface area contributed by atoms with Gasteiger partial charge in [-0.3, -0.25) is 9.69 Å². The summed E-state index contributed by atoms with van der Waals surface area (Å²) in [5.41, 5.74) is 2.28. The number of amides is 1. The second-order valence-corrected chi connectivity index (χ2v) is 7.46. The summed E-state index contributed by atoms with van der Waals surface area (Å²) < 4.78 is 20.0. The van der Waals surface area contributed by atoms with Crippen LogP contribution < -0.4 is 10.1 Å². The first-order valence-corrected chi connectivity index (χ1v) is 10.2. The summed E-state index contributed by atoms with van der Waals surface area (Å²) in [5.74, 6) is -0.0678. The smallest absolute Gasteiger partial charge is 0.276 e. The molecule has 0 aliphatic carbocycles. The van der Waals surface area contributed by atoms with Crippen LogP contribution in [-0.2, 0) is 13.3 Å². The van der Waals surface area contributed by atoms with Gasteiger partial charge in [0.2, 0.25) is 0 Å². The van der Waals surface area contributed by atoms with Gasteiger partial charge in [-0.1, -0.05) is 18.6 Å². The Hall–Kier alpha value is -3.19. The molecule has 4 rings (SSSR count). The first kappa shape index (κ1) is 20.1. The molecule has 6 nitrogen and oxygen atoms in total. The molecule has 2 aromatic carbocycles. The number of nitrogens with one attached hydrogen (secondary N) is 1. The molecule has 1 aliphatic heterocycles. The van der Waals surface area contributed by atoms with E-state index < -0.39 is 0 Å². The molecule has 1 N–H and O–H groups in total. The van der Waals surface area contributed by atoms with E-state index in [2.05, 4.69) is 27.4 Å². The second-order valence-electron chi connectivity index (χ2n) is 7.46. The quantitative estimate of drug-likeness (QED) is 0.633. The fourth-order valence-corrected chi connectivity index (χ4v) is 3.49. The molecule has 0 unspecified atom stereocenters. The van der Waals surface area contributed by atoms with Gasteiger partial charge in [-0.15, -0.1) is 0 Å². The molecule has 7 heteroatoms. The van der Waals surface area contributed by atoms with Gasteiger partial charge < -0.3 is 10.1 Å². The lowest BCUT2D eigenvalue weighted by molar-refractivity contribution is 0.102. The number of nitrogens with zero attached hydrogens (tertiary/aromatic N) is 3. The first-order valence-electron chi connectivity index (χ1n) is 10.2. The molecule has 0 saturated carbocycles. The lowest BCUT2D eigenvalue weighted by atomic mass is 10.1. The van der Waals surface area contributed by atoms with Crippen LogP contribution in [-0.4, -0.2) is 33.7 Å². The van der Waals surface area contributed by atoms with Crippen molar-refractivity contribution in [3.63, 3.8) is 0 Å². The molecule has 0 radical (unpaired) electrons. The number of hydrogen-bond donors (Lipinski definition) is 1. The van der Waals surface area contributed by atoms with Crippen LogP contribution in [0.15, 0.2) is 60.8 Å². The number of rotatable bonds is 7. The molecule has 1 fully saturated rings. The number of halogens is 1. The van der Waals surface area contributed by atoms with Crippen molar-refractivity contribution in [1.82, 2.24) is 14.7 Å². The summed E-state index contributed by atoms with van der Waals surface area (Å²) in [6.45, 7) is 3.40. The average molecular weight is 408 g/mol. The van der Waals surface area contributed by atoms with Crippen LogP contribution in [0.5, 0.6) is 5.75 Å². The molecule has 1 aliphatic rings. The highest BCUT2D eigenvalue weighted by Gasteiger charge is 2.12. The molecule has 156 valence electrons. The maximum Gasteiger partial charge on any atom is 0.276 e. The van der Waals surface area contributed by atoms with Gasteiger partial charge in [0.25, 0.3) is 5.91 Å². The highest BCUT2D eigenvalue weighted by atomic mass is 19.1. The lowest BCUT2D eigenvalue weighted by Gasteiger charge is -2.26. The predicted octanol–water partition coefficient (Wildman–Crippen LogP) is 4.30. The third-order valence-electron chi connectivity index (χ3n) is 5.12. The maximum absolute atomic E-state index is 12.9. The number of hydrogen-bond acceptors (Lipinski definition) is 4. The monoisotopic (exact) mass is 408 g/mol. The van der Waals surface area contributed by atoms with E-state index in [1.165, 1.54) is 41.6 Å². The Kier molecular flexibility index (Phi) is 6.39. The van der Waals surface area contributed by atoms with E-state index >= 15 is 0 Å². The predicted molar refractivity (Wildman–Crippen MR) is 113 cm³/mol. The standard InChI is InChI=1S/C23H25FN4O2/c24-19-6-10-21(11-7-19)30-17-28-15-12-22(26-28)23(29)25-20-8-4-18(5-9-20)16-27-13-2-1-3-14-27/h4-12,15H,1-3,13-14,16-17H2,(H,25,29). The minimum Gasteiger partial charge on any atom is -0.471 e. The summed E-state index contributed by atoms with van der Waals surface area (Å²) in [6.07, 6.45) is 5.54. The number of aromatic nitrogens is 2. The van der Waals surface area contributed by atoms with Gasteiger partial charge in [-0.05, 0) is 74.0 Å². The zero-order valence-electron chi connectivity index (χ0n) is 16.8. The SMILES string of the molecule is O=C(Nc1ccc(CN2CCCCC2)cc1)c1ccn(COc2ccc(F)cc2)n1. The van der Waals surface area contributed by atoms with Gasteiger partial charge in [-0.2, -0.15) is 5.10 Å². The van der Waals surface area contributed by atoms with E-state index in [0.29, 0.717) is 11.4 Å². The Morgan fingerprint density at radius 1 is 1.00 bits per heavy atom. The molecule has 30 heavy (non-hydrogen) atoms. The zero-order valence-corrected chi connectivity index (χ0v) is 16.8. The van der Waals surface area contributed by atoms with Gasteiger partial charge in [0.1, 0.15) is 11.6 Å². The Morgan fingerprint density at radius 2 is 1.73 bits per heavy atom. The van der Waals surface area contributed by atoms with Crippen LogP contribution in [0.3, 0.4) is 0 Å². The number of piperidine rings is 1. The zero-order chi connectivity index (χ0) is 20.8. The molecule has 3 aromatic rings. The van der Waals surface area contributed by atoms with Crippen molar-refractivity contribution in [2.75, 3.05) is 18.4 Å². The Morgan fingerprint density at radius 3 is 2.47 bits per heavy atom. The van der Waals surface area contributed by atoms with E-state index in [9.17, 15) is 9.18 Å². The summed E-state index contributed by atoms with van der Waals surface area (Å²) in [4.78, 5) is 14.9. The number of ether oxygens (including phenoxy) is 1. The molecule has 1 aromatic heterocycles. The minimum atomic E-state index is -0.320. The Bertz CT molecular complexity index is 964. The van der Waals surface area contributed by atoms with E-state index in [1.54, 1.807) is 24.4 Å². The molecule has 0 bridgehead atoms. The molecule has 1 amide bonds. The van der Waals surface area contributed by atoms with Crippen molar-refractivity contribution in [1.29, 1.82) is 0 Å². The number of likely N-dealkylation sites (tertiary alicyclic amines) is 1. The second kappa shape index (κ2) is 9.54. The van der Waals surface area contributed by atoms with Crippen LogP contribution in [0.25, 0.3) is 0 Å². The number of benzene rings is 2. The summed E-state index contributed by atoms with van der Waals surface area (Å²) >= 11 is 0. The van der Waals surface area contributed by atoms with E-state index in [-0.39, 0.29) is 18.5 Å². The summed E-state index contributed by atoms with van der Waals surface area (Å²) in [6, 6.07) is 15.3. The van der Waals surface area contributed by atoms with Crippen LogP contribution in [0.2, 0.25) is 0 Å². The van der Waals surface area contributed by atoms with Crippen LogP contribution >= 0.6 is 0 Å². The molecule has 2 heterocycles. The average Bonchev–Trinajstić information content (AvgIpc) is 3.25. The van der Waals surface area contributed by atoms with Gasteiger partial charge in [0, 0.05) is 18.4 Å². The van der Waals surface area contributed by atoms with E-state index in [0.717, 1.165) is 25.3 Å². The van der Waals surface area contributed by atoms with Crippen molar-refractivity contribution in [2.45, 2.75) is 32.5 Å². The van der Waals surface area contributed by atoms with Crippen molar-refractivity contribution < 1.29 is 13.9 Å². The molecule has 0 atom stereocenters. The van der Waals surface area contributed by atoms with Crippen molar-refractivity contribution in [3.8, 4) is 5.75 Å². The molecular formula is C23H25FN4O2. The lowest BCUT2D eigenvalue weighted by Crippen LogP contribution is -2.29. The normalized spacial score (nSPS) is 14.4. The maximum atomic E-state index is 12.9. The van der Waals surface area contributed by atoms with Gasteiger partial charge in [0.05, 0.1) is 0 Å². The fraction of sp³-hybridized carbons (Fsp3) is 0.304. The summed E-state index contributed by atoms with van der Waals surface area (Å²) in [7, 11) is 0. The van der Waals surface area contributed by atoms with E-state index in [1.807, 2.05) is 12.1 Å². The summed E-state index contributed by atoms with van der Waals surface area (Å²) in [5, 5.41) is 7.10. The molecule has 0 spiro atoms. The highest BCUT2D eigenvalue weighted by molar-refractivity contribution is 6.02. The highest BCUT2D eigenvalue weighted by Crippen LogP contribution is 2.16. The van der Waals surface area contributed by atoms with Crippen LogP contribution in [0, 0.1) is 5.82 Å². The Balaban J connectivity index is 1.28. The van der Waals surface area contributed by atoms with Gasteiger partial charge in [-0.25, -0.2) is 9.07 Å². The van der Waals surface area contributed by atoms with E-state index in [4.69, 9.17) is 4.74 Å². The third kappa shape index (κ3) is 5.45. The van der Waals surface area contributed by atoms with Gasteiger partial charge >= 0.3 is 0 Å². The number of anilines is 1. The minimum absolute atomic E-state index is 0.129. The Labute approximate surface area is 175 Å². The molecule has 1 saturated heterocycles. The first-order chi connectivity index (χ1) is 14.7. The van der Waals surface area contributed by atoms with Crippen LogP contribution in [0.1, 0.15) is 35.3 Å². The number of carbonyl (C=O) groups is 1. The molecular weight excluding hydrogens is 383 g/mol.